The van der Waals surface area contributed by atoms with Gasteiger partial charge in [-0.05, 0) is 50.3 Å². The molecule has 1 aliphatic heterocycles. The Morgan fingerprint density at radius 3 is 2.31 bits per heavy atom. The van der Waals surface area contributed by atoms with Gasteiger partial charge in [-0.3, -0.25) is 19.4 Å². The van der Waals surface area contributed by atoms with Gasteiger partial charge in [0.2, 0.25) is 11.8 Å². The summed E-state index contributed by atoms with van der Waals surface area (Å²) in [6.45, 7) is 10.4. The maximum atomic E-state index is 12.3. The van der Waals surface area contributed by atoms with Gasteiger partial charge in [0, 0.05) is 31.4 Å². The Morgan fingerprint density at radius 2 is 1.73 bits per heavy atom. The molecular weight excluding hydrogens is 332 g/mol. The first kappa shape index (κ1) is 20.4. The van der Waals surface area contributed by atoms with Crippen LogP contribution in [0, 0.1) is 0 Å². The summed E-state index contributed by atoms with van der Waals surface area (Å²) in [4.78, 5) is 27.8. The molecule has 0 aromatic heterocycles. The molecule has 2 amide bonds. The van der Waals surface area contributed by atoms with Crippen molar-refractivity contribution in [2.24, 2.45) is 0 Å². The third kappa shape index (κ3) is 7.51. The molecular formula is C19H30N4O3. The van der Waals surface area contributed by atoms with Crippen molar-refractivity contribution in [3.63, 3.8) is 0 Å². The quantitative estimate of drug-likeness (QED) is 0.698. The number of rotatable bonds is 9. The molecule has 2 rings (SSSR count). The van der Waals surface area contributed by atoms with Gasteiger partial charge in [0.1, 0.15) is 0 Å². The first-order valence-corrected chi connectivity index (χ1v) is 9.26. The van der Waals surface area contributed by atoms with Crippen LogP contribution in [-0.4, -0.2) is 74.1 Å². The zero-order valence-corrected chi connectivity index (χ0v) is 15.8. The van der Waals surface area contributed by atoms with Crippen LogP contribution in [0.5, 0.6) is 0 Å². The van der Waals surface area contributed by atoms with Crippen molar-refractivity contribution in [3.05, 3.63) is 24.3 Å². The number of carbonyl (C=O) groups is 2. The minimum Gasteiger partial charge on any atom is -0.379 e. The molecule has 26 heavy (non-hydrogen) atoms. The van der Waals surface area contributed by atoms with Gasteiger partial charge in [-0.2, -0.15) is 0 Å². The second-order valence-electron chi connectivity index (χ2n) is 6.48. The summed E-state index contributed by atoms with van der Waals surface area (Å²) in [7, 11) is 0. The van der Waals surface area contributed by atoms with Gasteiger partial charge >= 0.3 is 0 Å². The molecule has 0 bridgehead atoms. The highest BCUT2D eigenvalue weighted by Gasteiger charge is 2.12. The SMILES string of the molecule is CCN(CCCN1CCOCC1)CC(=O)Nc1ccc(NC(C)=O)cc1. The summed E-state index contributed by atoms with van der Waals surface area (Å²) in [6.07, 6.45) is 1.05. The van der Waals surface area contributed by atoms with Gasteiger partial charge in [0.05, 0.1) is 19.8 Å². The fraction of sp³-hybridized carbons (Fsp3) is 0.579. The smallest absolute Gasteiger partial charge is 0.238 e. The van der Waals surface area contributed by atoms with Crippen LogP contribution in [0.3, 0.4) is 0 Å². The first-order valence-electron chi connectivity index (χ1n) is 9.26. The highest BCUT2D eigenvalue weighted by Crippen LogP contribution is 2.13. The van der Waals surface area contributed by atoms with Crippen molar-refractivity contribution in [1.29, 1.82) is 0 Å². The van der Waals surface area contributed by atoms with E-state index in [9.17, 15) is 9.59 Å². The van der Waals surface area contributed by atoms with Crippen LogP contribution in [0.25, 0.3) is 0 Å². The van der Waals surface area contributed by atoms with Gasteiger partial charge in [-0.15, -0.1) is 0 Å². The van der Waals surface area contributed by atoms with Crippen LogP contribution in [-0.2, 0) is 14.3 Å². The number of benzene rings is 1. The monoisotopic (exact) mass is 362 g/mol. The second-order valence-corrected chi connectivity index (χ2v) is 6.48. The summed E-state index contributed by atoms with van der Waals surface area (Å²) in [6, 6.07) is 7.13. The molecule has 1 heterocycles. The van der Waals surface area contributed by atoms with E-state index < -0.39 is 0 Å². The minimum atomic E-state index is -0.113. The molecule has 1 fully saturated rings. The van der Waals surface area contributed by atoms with Crippen LogP contribution in [0.4, 0.5) is 11.4 Å². The molecule has 1 aromatic rings. The van der Waals surface area contributed by atoms with E-state index in [0.717, 1.165) is 58.0 Å². The molecule has 0 atom stereocenters. The van der Waals surface area contributed by atoms with Crippen LogP contribution >= 0.6 is 0 Å². The van der Waals surface area contributed by atoms with Gasteiger partial charge in [-0.1, -0.05) is 6.92 Å². The van der Waals surface area contributed by atoms with E-state index in [0.29, 0.717) is 12.2 Å². The second kappa shape index (κ2) is 10.9. The molecule has 7 nitrogen and oxygen atoms in total. The Hall–Kier alpha value is -1.96. The van der Waals surface area contributed by atoms with Crippen LogP contribution < -0.4 is 10.6 Å². The first-order chi connectivity index (χ1) is 12.6. The lowest BCUT2D eigenvalue weighted by molar-refractivity contribution is -0.117. The number of nitrogens with one attached hydrogen (secondary N) is 2. The Bertz CT molecular complexity index is 571. The van der Waals surface area contributed by atoms with Crippen molar-refractivity contribution in [3.8, 4) is 0 Å². The van der Waals surface area contributed by atoms with E-state index in [-0.39, 0.29) is 11.8 Å². The summed E-state index contributed by atoms with van der Waals surface area (Å²) < 4.78 is 5.36. The van der Waals surface area contributed by atoms with Crippen molar-refractivity contribution < 1.29 is 14.3 Å². The van der Waals surface area contributed by atoms with E-state index >= 15 is 0 Å². The highest BCUT2D eigenvalue weighted by atomic mass is 16.5. The number of anilines is 2. The van der Waals surface area contributed by atoms with Gasteiger partial charge in [0.25, 0.3) is 0 Å². The number of carbonyl (C=O) groups excluding carboxylic acids is 2. The van der Waals surface area contributed by atoms with E-state index in [1.165, 1.54) is 6.92 Å². The van der Waals surface area contributed by atoms with Crippen molar-refractivity contribution in [2.75, 3.05) is 63.1 Å². The predicted octanol–water partition coefficient (Wildman–Crippen LogP) is 1.63. The predicted molar refractivity (Wildman–Crippen MR) is 103 cm³/mol. The van der Waals surface area contributed by atoms with Gasteiger partial charge in [0.15, 0.2) is 0 Å². The largest absolute Gasteiger partial charge is 0.379 e. The average molecular weight is 362 g/mol. The minimum absolute atomic E-state index is 0.0227. The Kier molecular flexibility index (Phi) is 8.53. The standard InChI is InChI=1S/C19H30N4O3/c1-3-22(9-4-10-23-11-13-26-14-12-23)15-19(25)21-18-7-5-17(6-8-18)20-16(2)24/h5-8H,3-4,9-15H2,1-2H3,(H,20,24)(H,21,25). The normalized spacial score (nSPS) is 15.0. The third-order valence-corrected chi connectivity index (χ3v) is 4.36. The fourth-order valence-electron chi connectivity index (χ4n) is 2.94. The van der Waals surface area contributed by atoms with Crippen LogP contribution in [0.1, 0.15) is 20.3 Å². The molecule has 0 aliphatic carbocycles. The summed E-state index contributed by atoms with van der Waals surface area (Å²) in [5.74, 6) is -0.136. The number of morpholine rings is 1. The zero-order chi connectivity index (χ0) is 18.8. The molecule has 2 N–H and O–H groups in total. The molecule has 7 heteroatoms. The summed E-state index contributed by atoms with van der Waals surface area (Å²) >= 11 is 0. The Morgan fingerprint density at radius 1 is 1.12 bits per heavy atom. The number of hydrogen-bond acceptors (Lipinski definition) is 5. The summed E-state index contributed by atoms with van der Waals surface area (Å²) in [5.41, 5.74) is 1.45. The Labute approximate surface area is 155 Å². The molecule has 0 radical (unpaired) electrons. The Balaban J connectivity index is 1.71. The number of ether oxygens (including phenoxy) is 1. The van der Waals surface area contributed by atoms with Crippen LogP contribution in [0.2, 0.25) is 0 Å². The molecule has 144 valence electrons. The van der Waals surface area contributed by atoms with E-state index in [2.05, 4.69) is 27.4 Å². The molecule has 1 aliphatic rings. The lowest BCUT2D eigenvalue weighted by Gasteiger charge is -2.27. The van der Waals surface area contributed by atoms with Gasteiger partial charge < -0.3 is 15.4 Å². The fourth-order valence-corrected chi connectivity index (χ4v) is 2.94. The van der Waals surface area contributed by atoms with E-state index in [1.54, 1.807) is 24.3 Å². The lowest BCUT2D eigenvalue weighted by atomic mass is 10.2. The molecule has 0 spiro atoms. The van der Waals surface area contributed by atoms with Crippen LogP contribution in [0.15, 0.2) is 24.3 Å². The van der Waals surface area contributed by atoms with Crippen molar-refractivity contribution in [2.45, 2.75) is 20.3 Å². The topological polar surface area (TPSA) is 73.9 Å². The maximum absolute atomic E-state index is 12.3. The number of nitrogens with zero attached hydrogens (tertiary/aromatic N) is 2. The number of amides is 2. The molecule has 1 saturated heterocycles. The maximum Gasteiger partial charge on any atom is 0.238 e. The number of likely N-dealkylation sites (N-methyl/N-ethyl adjacent to an activating group) is 1. The number of hydrogen-bond donors (Lipinski definition) is 2. The van der Waals surface area contributed by atoms with Gasteiger partial charge in [-0.25, -0.2) is 0 Å². The molecule has 0 unspecified atom stereocenters. The summed E-state index contributed by atoms with van der Waals surface area (Å²) in [5, 5.41) is 5.61. The van der Waals surface area contributed by atoms with Crippen molar-refractivity contribution >= 4 is 23.2 Å². The molecule has 0 saturated carbocycles. The van der Waals surface area contributed by atoms with E-state index in [1.807, 2.05) is 0 Å². The molecule has 1 aromatic carbocycles. The third-order valence-electron chi connectivity index (χ3n) is 4.36. The van der Waals surface area contributed by atoms with Crippen molar-refractivity contribution in [1.82, 2.24) is 9.80 Å². The zero-order valence-electron chi connectivity index (χ0n) is 15.8. The lowest BCUT2D eigenvalue weighted by Crippen LogP contribution is -2.39. The van der Waals surface area contributed by atoms with E-state index in [4.69, 9.17) is 4.74 Å². The average Bonchev–Trinajstić information content (AvgIpc) is 2.63. The highest BCUT2D eigenvalue weighted by molar-refractivity contribution is 5.93.